The van der Waals surface area contributed by atoms with Gasteiger partial charge in [0.15, 0.2) is 0 Å². The summed E-state index contributed by atoms with van der Waals surface area (Å²) in [5, 5.41) is 5.02. The van der Waals surface area contributed by atoms with Gasteiger partial charge in [0.1, 0.15) is 6.10 Å². The van der Waals surface area contributed by atoms with Crippen LogP contribution < -0.4 is 5.32 Å². The van der Waals surface area contributed by atoms with Gasteiger partial charge in [0.2, 0.25) is 5.91 Å². The minimum absolute atomic E-state index is 0.0497. The first-order valence-electron chi connectivity index (χ1n) is 9.77. The van der Waals surface area contributed by atoms with Crippen molar-refractivity contribution < 1.29 is 14.3 Å². The fourth-order valence-corrected chi connectivity index (χ4v) is 5.16. The van der Waals surface area contributed by atoms with E-state index in [1.807, 2.05) is 23.3 Å². The maximum Gasteiger partial charge on any atom is 0.264 e. The summed E-state index contributed by atoms with van der Waals surface area (Å²) in [5.74, 6) is 1.11. The molecule has 0 aromatic carbocycles. The Morgan fingerprint density at radius 1 is 1.35 bits per heavy atom. The first kappa shape index (κ1) is 18.0. The van der Waals surface area contributed by atoms with Gasteiger partial charge in [0.05, 0.1) is 10.5 Å². The second kappa shape index (κ2) is 6.97. The molecule has 1 saturated carbocycles. The van der Waals surface area contributed by atoms with E-state index in [4.69, 9.17) is 4.74 Å². The maximum absolute atomic E-state index is 12.8. The molecule has 1 aliphatic carbocycles. The lowest BCUT2D eigenvalue weighted by Gasteiger charge is -2.44. The highest BCUT2D eigenvalue weighted by Crippen LogP contribution is 2.43. The third-order valence-corrected chi connectivity index (χ3v) is 7.31. The second-order valence-corrected chi connectivity index (χ2v) is 9.15. The molecule has 3 atom stereocenters. The number of thiophene rings is 1. The lowest BCUT2D eigenvalue weighted by atomic mass is 9.80. The zero-order valence-corrected chi connectivity index (χ0v) is 16.4. The topological polar surface area (TPSA) is 58.6 Å². The van der Waals surface area contributed by atoms with E-state index in [9.17, 15) is 9.59 Å². The van der Waals surface area contributed by atoms with E-state index in [-0.39, 0.29) is 29.4 Å². The third kappa shape index (κ3) is 3.41. The maximum atomic E-state index is 12.8. The number of aryl methyl sites for hydroxylation is 1. The summed E-state index contributed by atoms with van der Waals surface area (Å²) >= 11 is 1.52. The van der Waals surface area contributed by atoms with Gasteiger partial charge in [0.25, 0.3) is 5.91 Å². The van der Waals surface area contributed by atoms with Crippen LogP contribution in [0.25, 0.3) is 0 Å². The Hall–Kier alpha value is -1.40. The highest BCUT2D eigenvalue weighted by atomic mass is 32.1. The van der Waals surface area contributed by atoms with Crippen molar-refractivity contribution >= 4 is 23.2 Å². The number of likely N-dealkylation sites (tertiary alicyclic amines) is 1. The van der Waals surface area contributed by atoms with Crippen molar-refractivity contribution in [1.82, 2.24) is 10.2 Å². The molecule has 6 heteroatoms. The van der Waals surface area contributed by atoms with Crippen LogP contribution in [0.4, 0.5) is 0 Å². The summed E-state index contributed by atoms with van der Waals surface area (Å²) < 4.78 is 6.31. The van der Waals surface area contributed by atoms with Crippen molar-refractivity contribution in [3.05, 3.63) is 21.9 Å². The van der Waals surface area contributed by atoms with Crippen LogP contribution in [0.15, 0.2) is 11.4 Å². The molecule has 26 heavy (non-hydrogen) atoms. The van der Waals surface area contributed by atoms with Crippen LogP contribution in [0.2, 0.25) is 0 Å². The number of piperidine rings is 1. The summed E-state index contributed by atoms with van der Waals surface area (Å²) in [6, 6.07) is 2.00. The standard InChI is InChI=1S/C20H28N2O3S/c1-13-6-10-26-17(13)19(24)22-9-8-20(14(2)12-22)7-5-16(25-20)18(23)21-11-15-3-4-15/h6,10,14-16H,3-5,7-9,11-12H2,1-2H3,(H,21,23). The summed E-state index contributed by atoms with van der Waals surface area (Å²) in [6.45, 7) is 6.35. The van der Waals surface area contributed by atoms with Gasteiger partial charge in [-0.25, -0.2) is 0 Å². The molecule has 0 bridgehead atoms. The molecule has 0 radical (unpaired) electrons. The van der Waals surface area contributed by atoms with Crippen LogP contribution in [0.3, 0.4) is 0 Å². The van der Waals surface area contributed by atoms with Gasteiger partial charge in [-0.15, -0.1) is 11.3 Å². The number of nitrogens with one attached hydrogen (secondary N) is 1. The molecule has 2 saturated heterocycles. The zero-order chi connectivity index (χ0) is 18.3. The quantitative estimate of drug-likeness (QED) is 0.879. The number of hydrogen-bond acceptors (Lipinski definition) is 4. The van der Waals surface area contributed by atoms with E-state index in [2.05, 4.69) is 12.2 Å². The van der Waals surface area contributed by atoms with Crippen LogP contribution in [0.1, 0.15) is 54.3 Å². The first-order valence-corrected chi connectivity index (χ1v) is 10.7. The van der Waals surface area contributed by atoms with E-state index < -0.39 is 0 Å². The number of hydrogen-bond donors (Lipinski definition) is 1. The molecule has 3 unspecified atom stereocenters. The lowest BCUT2D eigenvalue weighted by Crippen LogP contribution is -2.53. The van der Waals surface area contributed by atoms with Gasteiger partial charge in [-0.05, 0) is 62.0 Å². The fraction of sp³-hybridized carbons (Fsp3) is 0.700. The minimum atomic E-state index is -0.321. The average molecular weight is 377 g/mol. The Bertz CT molecular complexity index is 699. The number of carbonyl (C=O) groups excluding carboxylic acids is 2. The van der Waals surface area contributed by atoms with Crippen LogP contribution in [0, 0.1) is 18.8 Å². The molecule has 1 aromatic rings. The Labute approximate surface area is 159 Å². The van der Waals surface area contributed by atoms with Gasteiger partial charge >= 0.3 is 0 Å². The van der Waals surface area contributed by atoms with E-state index in [1.54, 1.807) is 0 Å². The molecular formula is C20H28N2O3S. The van der Waals surface area contributed by atoms with Gasteiger partial charge in [-0.2, -0.15) is 0 Å². The summed E-state index contributed by atoms with van der Waals surface area (Å²) in [7, 11) is 0. The Kier molecular flexibility index (Phi) is 4.82. The van der Waals surface area contributed by atoms with Gasteiger partial charge < -0.3 is 15.0 Å². The molecule has 3 aliphatic rings. The molecule has 1 aromatic heterocycles. The minimum Gasteiger partial charge on any atom is -0.362 e. The molecule has 3 fully saturated rings. The van der Waals surface area contributed by atoms with E-state index >= 15 is 0 Å². The molecule has 5 nitrogen and oxygen atoms in total. The van der Waals surface area contributed by atoms with E-state index in [1.165, 1.54) is 24.2 Å². The normalized spacial score (nSPS) is 31.4. The second-order valence-electron chi connectivity index (χ2n) is 8.23. The Morgan fingerprint density at radius 2 is 2.15 bits per heavy atom. The molecule has 3 heterocycles. The van der Waals surface area contributed by atoms with E-state index in [0.29, 0.717) is 19.0 Å². The summed E-state index contributed by atoms with van der Waals surface area (Å²) in [5.41, 5.74) is 0.806. The zero-order valence-electron chi connectivity index (χ0n) is 15.6. The highest BCUT2D eigenvalue weighted by Gasteiger charge is 2.49. The van der Waals surface area contributed by atoms with Gasteiger partial charge in [-0.3, -0.25) is 9.59 Å². The van der Waals surface area contributed by atoms with E-state index in [0.717, 1.165) is 36.2 Å². The van der Waals surface area contributed by atoms with Crippen LogP contribution >= 0.6 is 11.3 Å². The summed E-state index contributed by atoms with van der Waals surface area (Å²) in [6.07, 6.45) is 4.67. The van der Waals surface area contributed by atoms with Crippen molar-refractivity contribution in [1.29, 1.82) is 0 Å². The van der Waals surface area contributed by atoms with Crippen LogP contribution in [0.5, 0.6) is 0 Å². The van der Waals surface area contributed by atoms with Crippen LogP contribution in [-0.2, 0) is 9.53 Å². The highest BCUT2D eigenvalue weighted by molar-refractivity contribution is 7.12. The largest absolute Gasteiger partial charge is 0.362 e. The number of amides is 2. The molecule has 4 rings (SSSR count). The van der Waals surface area contributed by atoms with Crippen molar-refractivity contribution in [2.45, 2.75) is 57.7 Å². The van der Waals surface area contributed by atoms with Gasteiger partial charge in [-0.1, -0.05) is 6.92 Å². The van der Waals surface area contributed by atoms with Gasteiger partial charge in [0, 0.05) is 25.6 Å². The van der Waals surface area contributed by atoms with Crippen molar-refractivity contribution in [2.24, 2.45) is 11.8 Å². The molecule has 1 N–H and O–H groups in total. The summed E-state index contributed by atoms with van der Waals surface area (Å²) in [4.78, 5) is 28.0. The predicted molar refractivity (Wildman–Crippen MR) is 101 cm³/mol. The first-order chi connectivity index (χ1) is 12.5. The molecule has 1 spiro atoms. The van der Waals surface area contributed by atoms with Crippen molar-refractivity contribution in [2.75, 3.05) is 19.6 Å². The third-order valence-electron chi connectivity index (χ3n) is 6.30. The molecule has 2 amide bonds. The number of ether oxygens (including phenoxy) is 1. The molecule has 2 aliphatic heterocycles. The number of nitrogens with zero attached hydrogens (tertiary/aromatic N) is 1. The Balaban J connectivity index is 1.35. The predicted octanol–water partition coefficient (Wildman–Crippen LogP) is 2.98. The average Bonchev–Trinajstić information content (AvgIpc) is 3.21. The fourth-order valence-electron chi connectivity index (χ4n) is 4.27. The number of rotatable bonds is 4. The van der Waals surface area contributed by atoms with Crippen LogP contribution in [-0.4, -0.2) is 48.1 Å². The monoisotopic (exact) mass is 376 g/mol. The van der Waals surface area contributed by atoms with Crippen molar-refractivity contribution in [3.8, 4) is 0 Å². The molecule has 142 valence electrons. The Morgan fingerprint density at radius 3 is 2.81 bits per heavy atom. The smallest absolute Gasteiger partial charge is 0.264 e. The lowest BCUT2D eigenvalue weighted by molar-refractivity contribution is -0.146. The van der Waals surface area contributed by atoms with Crippen molar-refractivity contribution in [3.63, 3.8) is 0 Å². The SMILES string of the molecule is Cc1ccsc1C(=O)N1CCC2(CCC(C(=O)NCC3CC3)O2)C(C)C1. The molecular weight excluding hydrogens is 348 g/mol. The number of carbonyl (C=O) groups is 2.